The maximum Gasteiger partial charge on any atom is 1.00 e. The van der Waals surface area contributed by atoms with Crippen LogP contribution in [0.15, 0.2) is 0 Å². The molecule has 0 aliphatic rings. The summed E-state index contributed by atoms with van der Waals surface area (Å²) in [4.78, 5) is 19.9. The van der Waals surface area contributed by atoms with E-state index in [1.165, 1.54) is 96.3 Å². The molecular weight excluding hydrogens is 377 g/mol. The van der Waals surface area contributed by atoms with Crippen LogP contribution in [-0.4, -0.2) is 28.2 Å². The van der Waals surface area contributed by atoms with Crippen LogP contribution in [0.2, 0.25) is 0 Å². The molecule has 5 nitrogen and oxygen atoms in total. The zero-order valence-corrected chi connectivity index (χ0v) is 21.3. The molecule has 0 rings (SSSR count). The first-order chi connectivity index (χ1) is 13.5. The number of hydrogen-bond acceptors (Lipinski definition) is 3. The summed E-state index contributed by atoms with van der Waals surface area (Å²) >= 11 is 0. The molecule has 1 atom stereocenters. The number of nitrogens with two attached hydrogens (primary N) is 1. The summed E-state index contributed by atoms with van der Waals surface area (Å²) in [6.07, 6.45) is 22.6. The number of carboxylic acids is 2. The van der Waals surface area contributed by atoms with E-state index in [2.05, 4.69) is 13.8 Å². The summed E-state index contributed by atoms with van der Waals surface area (Å²) in [5, 5.41) is 16.3. The molecule has 0 spiro atoms. The van der Waals surface area contributed by atoms with Gasteiger partial charge >= 0.3 is 41.5 Å². The molecule has 0 saturated carbocycles. The molecule has 1 unspecified atom stereocenters. The van der Waals surface area contributed by atoms with Crippen molar-refractivity contribution >= 4 is 11.9 Å². The molecule has 0 heterocycles. The molecule has 4 N–H and O–H groups in total. The number of rotatable bonds is 19. The molecule has 0 amide bonds. The van der Waals surface area contributed by atoms with Crippen molar-refractivity contribution in [3.05, 3.63) is 6.92 Å². The molecule has 0 bridgehead atoms. The van der Waals surface area contributed by atoms with Gasteiger partial charge in [0.25, 0.3) is 0 Å². The van der Waals surface area contributed by atoms with E-state index in [1.807, 2.05) is 0 Å². The second-order valence-corrected chi connectivity index (χ2v) is 7.68. The topological polar surface area (TPSA) is 101 Å². The van der Waals surface area contributed by atoms with Gasteiger partial charge in [0.15, 0.2) is 0 Å². The van der Waals surface area contributed by atoms with Crippen LogP contribution in [0, 0.1) is 6.92 Å². The fourth-order valence-electron chi connectivity index (χ4n) is 2.95. The van der Waals surface area contributed by atoms with Crippen molar-refractivity contribution in [1.29, 1.82) is 0 Å². The largest absolute Gasteiger partial charge is 1.00 e. The molecule has 0 aliphatic heterocycles. The van der Waals surface area contributed by atoms with Gasteiger partial charge in [0, 0.05) is 6.42 Å². The number of unbranched alkanes of at least 4 members (excludes halogenated alkanes) is 15. The van der Waals surface area contributed by atoms with Crippen molar-refractivity contribution < 1.29 is 49.4 Å². The summed E-state index contributed by atoms with van der Waals surface area (Å²) in [6, 6.07) is -1.06. The van der Waals surface area contributed by atoms with Gasteiger partial charge in [-0.1, -0.05) is 103 Å². The maximum atomic E-state index is 9.99. The van der Waals surface area contributed by atoms with E-state index < -0.39 is 18.0 Å². The minimum Gasteiger partial charge on any atom is -0.481 e. The van der Waals surface area contributed by atoms with Gasteiger partial charge in [-0.2, -0.15) is 6.42 Å². The van der Waals surface area contributed by atoms with Crippen molar-refractivity contribution in [1.82, 2.24) is 0 Å². The molecule has 29 heavy (non-hydrogen) atoms. The third kappa shape index (κ3) is 32.8. The van der Waals surface area contributed by atoms with Crippen LogP contribution in [0.3, 0.4) is 0 Å². The fraction of sp³-hybridized carbons (Fsp3) is 0.870. The number of hydrogen-bond donors (Lipinski definition) is 3. The van der Waals surface area contributed by atoms with Crippen LogP contribution in [0.25, 0.3) is 0 Å². The Balaban J connectivity index is -0.000000525. The maximum absolute atomic E-state index is 9.99. The molecule has 0 saturated heterocycles. The van der Waals surface area contributed by atoms with Gasteiger partial charge in [-0.3, -0.25) is 9.59 Å². The van der Waals surface area contributed by atoms with Gasteiger partial charge in [0.2, 0.25) is 0 Å². The van der Waals surface area contributed by atoms with Gasteiger partial charge in [-0.25, -0.2) is 0 Å². The minimum absolute atomic E-state index is 0. The van der Waals surface area contributed by atoms with Gasteiger partial charge in [-0.15, -0.1) is 0 Å². The molecule has 0 radical (unpaired) electrons. The zero-order chi connectivity index (χ0) is 21.5. The van der Waals surface area contributed by atoms with E-state index in [0.29, 0.717) is 0 Å². The number of carbonyl (C=O) groups is 2. The molecular formula is C23H46NNaO4. The van der Waals surface area contributed by atoms with Crippen LogP contribution in [-0.2, 0) is 9.59 Å². The summed E-state index contributed by atoms with van der Waals surface area (Å²) in [5.41, 5.74) is 5.00. The van der Waals surface area contributed by atoms with Crippen LogP contribution in [0.1, 0.15) is 122 Å². The van der Waals surface area contributed by atoms with Crippen molar-refractivity contribution in [3.63, 3.8) is 0 Å². The van der Waals surface area contributed by atoms with E-state index in [4.69, 9.17) is 15.9 Å². The second kappa shape index (κ2) is 27.9. The third-order valence-electron chi connectivity index (χ3n) is 4.84. The summed E-state index contributed by atoms with van der Waals surface area (Å²) < 4.78 is 0. The number of aliphatic carboxylic acids is 2. The van der Waals surface area contributed by atoms with Crippen molar-refractivity contribution in [3.8, 4) is 0 Å². The van der Waals surface area contributed by atoms with E-state index in [9.17, 15) is 9.59 Å². The summed E-state index contributed by atoms with van der Waals surface area (Å²) in [6.45, 7) is 6.18. The Morgan fingerprint density at radius 1 is 0.759 bits per heavy atom. The smallest absolute Gasteiger partial charge is 0.481 e. The molecule has 0 fully saturated rings. The van der Waals surface area contributed by atoms with Crippen LogP contribution >= 0.6 is 0 Å². The molecule has 6 heteroatoms. The van der Waals surface area contributed by atoms with Crippen molar-refractivity contribution in [2.45, 2.75) is 129 Å². The van der Waals surface area contributed by atoms with E-state index in [1.54, 1.807) is 0 Å². The fourth-order valence-corrected chi connectivity index (χ4v) is 2.95. The van der Waals surface area contributed by atoms with E-state index in [0.717, 1.165) is 6.42 Å². The minimum atomic E-state index is -1.17. The Bertz CT molecular complexity index is 338. The van der Waals surface area contributed by atoms with Gasteiger partial charge < -0.3 is 22.9 Å². The predicted molar refractivity (Wildman–Crippen MR) is 117 cm³/mol. The quantitative estimate of drug-likeness (QED) is 0.168. The summed E-state index contributed by atoms with van der Waals surface area (Å²) in [5.74, 6) is -2.20. The summed E-state index contributed by atoms with van der Waals surface area (Å²) in [7, 11) is 0. The molecule has 0 aromatic heterocycles. The first kappa shape index (κ1) is 33.5. The zero-order valence-electron chi connectivity index (χ0n) is 19.3. The SMILES string of the molecule is NC(CCC(=O)O)C(=O)O.[CH2-]CCCCCCCCCCCCCCCCC.[Na+]. The normalized spacial score (nSPS) is 11.1. The van der Waals surface area contributed by atoms with Gasteiger partial charge in [0.05, 0.1) is 0 Å². The Hall–Kier alpha value is -0.100. The van der Waals surface area contributed by atoms with E-state index in [-0.39, 0.29) is 42.4 Å². The average molecular weight is 424 g/mol. The standard InChI is InChI=1S/C18H37.C5H9NO4.Na/c1-3-5-7-9-11-13-15-17-18-16-14-12-10-8-6-4-2;6-3(5(9)10)1-2-4(7)8;/h1,3-18H2,2H3;3H,1-2,6H2,(H,7,8)(H,9,10);/q-1;;+1. The molecule has 0 aliphatic carbocycles. The van der Waals surface area contributed by atoms with Crippen LogP contribution < -0.4 is 35.3 Å². The van der Waals surface area contributed by atoms with Gasteiger partial charge in [0.1, 0.15) is 6.04 Å². The first-order valence-corrected chi connectivity index (χ1v) is 11.4. The Labute approximate surface area is 201 Å². The number of carboxylic acid groups (broad SMARTS) is 2. The van der Waals surface area contributed by atoms with Gasteiger partial charge in [-0.05, 0) is 6.42 Å². The molecule has 0 aromatic rings. The van der Waals surface area contributed by atoms with Crippen LogP contribution in [0.5, 0.6) is 0 Å². The Kier molecular flexibility index (Phi) is 32.3. The van der Waals surface area contributed by atoms with Crippen molar-refractivity contribution in [2.24, 2.45) is 5.73 Å². The van der Waals surface area contributed by atoms with Crippen LogP contribution in [0.4, 0.5) is 0 Å². The first-order valence-electron chi connectivity index (χ1n) is 11.4. The monoisotopic (exact) mass is 423 g/mol. The second-order valence-electron chi connectivity index (χ2n) is 7.68. The Morgan fingerprint density at radius 3 is 1.38 bits per heavy atom. The van der Waals surface area contributed by atoms with E-state index >= 15 is 0 Å². The molecule has 0 aromatic carbocycles. The third-order valence-corrected chi connectivity index (χ3v) is 4.84. The van der Waals surface area contributed by atoms with Crippen molar-refractivity contribution in [2.75, 3.05) is 0 Å². The average Bonchev–Trinajstić information content (AvgIpc) is 2.66. The predicted octanol–water partition coefficient (Wildman–Crippen LogP) is 3.35. The Morgan fingerprint density at radius 2 is 1.10 bits per heavy atom. The molecule has 168 valence electrons.